The molecular formula is C14H17N3O2S. The second kappa shape index (κ2) is 6.91. The van der Waals surface area contributed by atoms with E-state index in [4.69, 9.17) is 10.2 Å². The van der Waals surface area contributed by atoms with Crippen molar-refractivity contribution >= 4 is 29.2 Å². The summed E-state index contributed by atoms with van der Waals surface area (Å²) in [5, 5.41) is 5.77. The summed E-state index contributed by atoms with van der Waals surface area (Å²) in [6, 6.07) is 10.7. The van der Waals surface area contributed by atoms with Crippen LogP contribution in [0.2, 0.25) is 0 Å². The van der Waals surface area contributed by atoms with Crippen LogP contribution in [0, 0.1) is 0 Å². The Morgan fingerprint density at radius 2 is 2.00 bits per heavy atom. The molecule has 1 aromatic carbocycles. The molecule has 0 aliphatic carbocycles. The average Bonchev–Trinajstić information content (AvgIpc) is 2.84. The first kappa shape index (κ1) is 14.3. The van der Waals surface area contributed by atoms with Crippen molar-refractivity contribution < 1.29 is 9.21 Å². The molecule has 2 aromatic rings. The molecule has 2 rings (SSSR count). The third-order valence-electron chi connectivity index (χ3n) is 2.60. The number of amides is 2. The van der Waals surface area contributed by atoms with Gasteiger partial charge in [0.25, 0.3) is 0 Å². The van der Waals surface area contributed by atoms with E-state index in [0.717, 1.165) is 23.0 Å². The lowest BCUT2D eigenvalue weighted by atomic mass is 10.2. The van der Waals surface area contributed by atoms with E-state index in [1.807, 2.05) is 36.6 Å². The van der Waals surface area contributed by atoms with Crippen molar-refractivity contribution in [2.75, 3.05) is 16.9 Å². The van der Waals surface area contributed by atoms with E-state index < -0.39 is 6.03 Å². The van der Waals surface area contributed by atoms with Crippen LogP contribution in [-0.2, 0) is 12.3 Å². The summed E-state index contributed by atoms with van der Waals surface area (Å²) in [4.78, 5) is 10.8. The Labute approximate surface area is 121 Å². The summed E-state index contributed by atoms with van der Waals surface area (Å²) >= 11 is 1.72. The second-order valence-electron chi connectivity index (χ2n) is 4.22. The van der Waals surface area contributed by atoms with E-state index in [9.17, 15) is 4.79 Å². The molecule has 0 unspecified atom stereocenters. The van der Waals surface area contributed by atoms with E-state index in [-0.39, 0.29) is 0 Å². The highest BCUT2D eigenvalue weighted by Gasteiger charge is 2.02. The Morgan fingerprint density at radius 3 is 2.75 bits per heavy atom. The number of carbonyl (C=O) groups excluding carboxylic acids is 1. The van der Waals surface area contributed by atoms with Gasteiger partial charge in [0.05, 0.1) is 12.3 Å². The maximum absolute atomic E-state index is 10.8. The first-order valence-corrected chi connectivity index (χ1v) is 7.53. The number of furan rings is 1. The summed E-state index contributed by atoms with van der Waals surface area (Å²) < 4.78 is 5.67. The zero-order valence-corrected chi connectivity index (χ0v) is 12.0. The molecule has 4 N–H and O–H groups in total. The van der Waals surface area contributed by atoms with Crippen LogP contribution in [-0.4, -0.2) is 12.3 Å². The molecule has 5 nitrogen and oxygen atoms in total. The molecule has 106 valence electrons. The number of nitrogens with one attached hydrogen (secondary N) is 2. The predicted molar refractivity (Wildman–Crippen MR) is 82.9 cm³/mol. The lowest BCUT2D eigenvalue weighted by Crippen LogP contribution is -2.19. The molecule has 2 amide bonds. The summed E-state index contributed by atoms with van der Waals surface area (Å²) in [6.45, 7) is 0.592. The minimum atomic E-state index is -0.574. The van der Waals surface area contributed by atoms with Crippen LogP contribution in [0.15, 0.2) is 40.8 Å². The quantitative estimate of drug-likeness (QED) is 0.763. The minimum absolute atomic E-state index is 0.574. The first-order valence-electron chi connectivity index (χ1n) is 6.14. The number of rotatable bonds is 6. The molecule has 0 bridgehead atoms. The summed E-state index contributed by atoms with van der Waals surface area (Å²) in [5.74, 6) is 2.72. The van der Waals surface area contributed by atoms with Gasteiger partial charge in [0.1, 0.15) is 11.5 Å². The fourth-order valence-electron chi connectivity index (χ4n) is 1.78. The van der Waals surface area contributed by atoms with Gasteiger partial charge in [-0.2, -0.15) is 11.8 Å². The lowest BCUT2D eigenvalue weighted by molar-refractivity contribution is 0.259. The molecule has 0 saturated carbocycles. The van der Waals surface area contributed by atoms with Crippen LogP contribution in [0.3, 0.4) is 0 Å². The van der Waals surface area contributed by atoms with Gasteiger partial charge in [0.2, 0.25) is 0 Å². The molecule has 20 heavy (non-hydrogen) atoms. The molecular weight excluding hydrogens is 274 g/mol. The topological polar surface area (TPSA) is 80.3 Å². The Morgan fingerprint density at radius 1 is 1.25 bits per heavy atom. The smallest absolute Gasteiger partial charge is 0.316 e. The van der Waals surface area contributed by atoms with E-state index >= 15 is 0 Å². The van der Waals surface area contributed by atoms with E-state index in [0.29, 0.717) is 12.2 Å². The number of nitrogens with two attached hydrogens (primary N) is 1. The maximum Gasteiger partial charge on any atom is 0.316 e. The van der Waals surface area contributed by atoms with Gasteiger partial charge in [-0.15, -0.1) is 0 Å². The molecule has 0 aliphatic rings. The molecule has 0 atom stereocenters. The number of carbonyl (C=O) groups is 1. The Hall–Kier alpha value is -2.08. The van der Waals surface area contributed by atoms with E-state index in [1.54, 1.807) is 17.8 Å². The fourth-order valence-corrected chi connectivity index (χ4v) is 2.22. The average molecular weight is 291 g/mol. The maximum atomic E-state index is 10.8. The standard InChI is InChI=1S/C14H17N3O2S/c1-20-9-13-6-5-12(19-13)8-16-10-3-2-4-11(7-10)17-14(15)18/h2-7,16H,8-9H2,1H3,(H3,15,17,18). The third-order valence-corrected chi connectivity index (χ3v) is 3.17. The summed E-state index contributed by atoms with van der Waals surface area (Å²) in [6.07, 6.45) is 2.04. The molecule has 0 radical (unpaired) electrons. The van der Waals surface area contributed by atoms with Gasteiger partial charge < -0.3 is 20.8 Å². The van der Waals surface area contributed by atoms with Crippen LogP contribution in [0.1, 0.15) is 11.5 Å². The minimum Gasteiger partial charge on any atom is -0.463 e. The number of anilines is 2. The third kappa shape index (κ3) is 4.24. The second-order valence-corrected chi connectivity index (χ2v) is 5.09. The van der Waals surface area contributed by atoms with E-state index in [1.165, 1.54) is 0 Å². The molecule has 1 heterocycles. The zero-order valence-electron chi connectivity index (χ0n) is 11.2. The molecule has 0 spiro atoms. The number of primary amides is 1. The SMILES string of the molecule is CSCc1ccc(CNc2cccc(NC(N)=O)c2)o1. The lowest BCUT2D eigenvalue weighted by Gasteiger charge is -2.07. The number of urea groups is 1. The highest BCUT2D eigenvalue weighted by molar-refractivity contribution is 7.97. The molecule has 0 saturated heterocycles. The number of hydrogen-bond acceptors (Lipinski definition) is 4. The first-order chi connectivity index (χ1) is 9.67. The fraction of sp³-hybridized carbons (Fsp3) is 0.214. The van der Waals surface area contributed by atoms with Crippen molar-refractivity contribution in [1.29, 1.82) is 0 Å². The van der Waals surface area contributed by atoms with Crippen molar-refractivity contribution in [1.82, 2.24) is 0 Å². The number of benzene rings is 1. The summed E-state index contributed by atoms with van der Waals surface area (Å²) in [7, 11) is 0. The highest BCUT2D eigenvalue weighted by Crippen LogP contribution is 2.18. The number of hydrogen-bond donors (Lipinski definition) is 3. The molecule has 0 fully saturated rings. The monoisotopic (exact) mass is 291 g/mol. The Kier molecular flexibility index (Phi) is 4.95. The Bertz CT molecular complexity index is 583. The molecule has 6 heteroatoms. The summed E-state index contributed by atoms with van der Waals surface area (Å²) in [5.41, 5.74) is 6.63. The normalized spacial score (nSPS) is 10.2. The largest absolute Gasteiger partial charge is 0.463 e. The van der Waals surface area contributed by atoms with Gasteiger partial charge in [-0.05, 0) is 36.6 Å². The van der Waals surface area contributed by atoms with Gasteiger partial charge in [-0.3, -0.25) is 0 Å². The van der Waals surface area contributed by atoms with Crippen molar-refractivity contribution in [3.05, 3.63) is 47.9 Å². The van der Waals surface area contributed by atoms with Crippen LogP contribution < -0.4 is 16.4 Å². The van der Waals surface area contributed by atoms with Crippen LogP contribution >= 0.6 is 11.8 Å². The van der Waals surface area contributed by atoms with Crippen LogP contribution in [0.5, 0.6) is 0 Å². The zero-order chi connectivity index (χ0) is 14.4. The van der Waals surface area contributed by atoms with Gasteiger partial charge in [-0.1, -0.05) is 6.07 Å². The van der Waals surface area contributed by atoms with Crippen LogP contribution in [0.25, 0.3) is 0 Å². The van der Waals surface area contributed by atoms with Gasteiger partial charge in [0.15, 0.2) is 0 Å². The van der Waals surface area contributed by atoms with Gasteiger partial charge in [-0.25, -0.2) is 4.79 Å². The van der Waals surface area contributed by atoms with Crippen LogP contribution in [0.4, 0.5) is 16.2 Å². The Balaban J connectivity index is 1.94. The highest BCUT2D eigenvalue weighted by atomic mass is 32.2. The van der Waals surface area contributed by atoms with Crippen molar-refractivity contribution in [2.45, 2.75) is 12.3 Å². The van der Waals surface area contributed by atoms with E-state index in [2.05, 4.69) is 10.6 Å². The van der Waals surface area contributed by atoms with Crippen molar-refractivity contribution in [3.8, 4) is 0 Å². The number of thioether (sulfide) groups is 1. The van der Waals surface area contributed by atoms with Crippen molar-refractivity contribution in [3.63, 3.8) is 0 Å². The van der Waals surface area contributed by atoms with Crippen molar-refractivity contribution in [2.24, 2.45) is 5.73 Å². The predicted octanol–water partition coefficient (Wildman–Crippen LogP) is 3.25. The van der Waals surface area contributed by atoms with Gasteiger partial charge >= 0.3 is 6.03 Å². The molecule has 1 aromatic heterocycles. The van der Waals surface area contributed by atoms with Gasteiger partial charge in [0, 0.05) is 11.4 Å². The molecule has 0 aliphatic heterocycles.